The second-order valence-corrected chi connectivity index (χ2v) is 6.02. The van der Waals surface area contributed by atoms with Gasteiger partial charge in [-0.05, 0) is 41.8 Å². The van der Waals surface area contributed by atoms with E-state index < -0.39 is 5.97 Å². The maximum absolute atomic E-state index is 11.2. The monoisotopic (exact) mass is 312 g/mol. The predicted molar refractivity (Wildman–Crippen MR) is 74.0 cm³/mol. The van der Waals surface area contributed by atoms with E-state index in [9.17, 15) is 9.90 Å². The molecule has 0 radical (unpaired) electrons. The third-order valence-electron chi connectivity index (χ3n) is 3.46. The minimum atomic E-state index is -0.953. The topological polar surface area (TPSA) is 62.2 Å². The van der Waals surface area contributed by atoms with E-state index >= 15 is 0 Å². The normalized spacial score (nSPS) is 18.3. The highest BCUT2D eigenvalue weighted by molar-refractivity contribution is 9.10. The number of hydrogen-bond donors (Lipinski definition) is 2. The smallest absolute Gasteiger partial charge is 0.339 e. The number of carbonyl (C=O) groups is 1. The SMILES string of the molecule is CC1(Nc2ncc(Br)cc2C(=O)O)CCCCC1. The molecular weight excluding hydrogens is 296 g/mol. The summed E-state index contributed by atoms with van der Waals surface area (Å²) in [5, 5.41) is 12.5. The van der Waals surface area contributed by atoms with Crippen molar-refractivity contribution in [3.05, 3.63) is 22.3 Å². The zero-order valence-corrected chi connectivity index (χ0v) is 12.0. The van der Waals surface area contributed by atoms with E-state index in [-0.39, 0.29) is 11.1 Å². The first-order valence-electron chi connectivity index (χ1n) is 6.17. The van der Waals surface area contributed by atoms with Crippen LogP contribution in [0.4, 0.5) is 5.82 Å². The van der Waals surface area contributed by atoms with Gasteiger partial charge in [-0.15, -0.1) is 0 Å². The largest absolute Gasteiger partial charge is 0.478 e. The van der Waals surface area contributed by atoms with Crippen LogP contribution >= 0.6 is 15.9 Å². The number of nitrogens with zero attached hydrogens (tertiary/aromatic N) is 1. The molecule has 0 aliphatic heterocycles. The molecule has 0 amide bonds. The van der Waals surface area contributed by atoms with Gasteiger partial charge in [0.15, 0.2) is 0 Å². The second-order valence-electron chi connectivity index (χ2n) is 5.10. The quantitative estimate of drug-likeness (QED) is 0.893. The van der Waals surface area contributed by atoms with Crippen molar-refractivity contribution in [2.24, 2.45) is 0 Å². The van der Waals surface area contributed by atoms with Gasteiger partial charge in [0.05, 0.1) is 0 Å². The molecule has 0 spiro atoms. The average Bonchev–Trinajstić information content (AvgIpc) is 2.32. The van der Waals surface area contributed by atoms with Crippen LogP contribution in [-0.2, 0) is 0 Å². The molecule has 0 bridgehead atoms. The fraction of sp³-hybridized carbons (Fsp3) is 0.538. The van der Waals surface area contributed by atoms with Gasteiger partial charge in [0, 0.05) is 16.2 Å². The van der Waals surface area contributed by atoms with Crippen molar-refractivity contribution in [2.75, 3.05) is 5.32 Å². The Hall–Kier alpha value is -1.10. The Labute approximate surface area is 115 Å². The van der Waals surface area contributed by atoms with Gasteiger partial charge < -0.3 is 10.4 Å². The lowest BCUT2D eigenvalue weighted by molar-refractivity contribution is 0.0697. The van der Waals surface area contributed by atoms with Crippen molar-refractivity contribution in [1.82, 2.24) is 4.98 Å². The van der Waals surface area contributed by atoms with Crippen LogP contribution in [0.2, 0.25) is 0 Å². The molecule has 2 N–H and O–H groups in total. The van der Waals surface area contributed by atoms with Crippen LogP contribution in [-0.4, -0.2) is 21.6 Å². The molecule has 0 atom stereocenters. The number of carboxylic acids is 1. The second kappa shape index (κ2) is 5.26. The molecule has 1 aromatic heterocycles. The van der Waals surface area contributed by atoms with Gasteiger partial charge in [-0.2, -0.15) is 0 Å². The molecule has 2 rings (SSSR count). The van der Waals surface area contributed by atoms with Crippen LogP contribution in [0, 0.1) is 0 Å². The zero-order chi connectivity index (χ0) is 13.2. The van der Waals surface area contributed by atoms with Gasteiger partial charge in [0.2, 0.25) is 0 Å². The summed E-state index contributed by atoms with van der Waals surface area (Å²) in [7, 11) is 0. The summed E-state index contributed by atoms with van der Waals surface area (Å²) < 4.78 is 0.680. The predicted octanol–water partition coefficient (Wildman–Crippen LogP) is 3.68. The van der Waals surface area contributed by atoms with Crippen molar-refractivity contribution in [1.29, 1.82) is 0 Å². The van der Waals surface area contributed by atoms with Crippen molar-refractivity contribution in [3.8, 4) is 0 Å². The maximum Gasteiger partial charge on any atom is 0.339 e. The van der Waals surface area contributed by atoms with Gasteiger partial charge in [0.25, 0.3) is 0 Å². The maximum atomic E-state index is 11.2. The fourth-order valence-corrected chi connectivity index (χ4v) is 2.78. The highest BCUT2D eigenvalue weighted by Crippen LogP contribution is 2.32. The summed E-state index contributed by atoms with van der Waals surface area (Å²) in [4.78, 5) is 15.4. The number of pyridine rings is 1. The zero-order valence-electron chi connectivity index (χ0n) is 10.4. The molecule has 18 heavy (non-hydrogen) atoms. The Morgan fingerprint density at radius 1 is 1.44 bits per heavy atom. The number of anilines is 1. The van der Waals surface area contributed by atoms with Crippen LogP contribution < -0.4 is 5.32 Å². The number of aromatic nitrogens is 1. The van der Waals surface area contributed by atoms with Crippen LogP contribution in [0.5, 0.6) is 0 Å². The Bertz CT molecular complexity index is 456. The summed E-state index contributed by atoms with van der Waals surface area (Å²) in [6.45, 7) is 2.14. The average molecular weight is 313 g/mol. The molecular formula is C13H17BrN2O2. The van der Waals surface area contributed by atoms with Crippen molar-refractivity contribution in [2.45, 2.75) is 44.6 Å². The standard InChI is InChI=1S/C13H17BrN2O2/c1-13(5-3-2-4-6-13)16-11-10(12(17)18)7-9(14)8-15-11/h7-8H,2-6H2,1H3,(H,15,16)(H,17,18). The van der Waals surface area contributed by atoms with Crippen molar-refractivity contribution in [3.63, 3.8) is 0 Å². The number of hydrogen-bond acceptors (Lipinski definition) is 3. The summed E-state index contributed by atoms with van der Waals surface area (Å²) in [5.74, 6) is -0.485. The molecule has 4 nitrogen and oxygen atoms in total. The lowest BCUT2D eigenvalue weighted by Crippen LogP contribution is -2.37. The molecule has 1 heterocycles. The van der Waals surface area contributed by atoms with Gasteiger partial charge in [0.1, 0.15) is 11.4 Å². The first-order chi connectivity index (χ1) is 8.50. The minimum absolute atomic E-state index is 0.0384. The minimum Gasteiger partial charge on any atom is -0.478 e. The number of halogens is 1. The van der Waals surface area contributed by atoms with Gasteiger partial charge in [-0.3, -0.25) is 0 Å². The van der Waals surface area contributed by atoms with Gasteiger partial charge in [-0.1, -0.05) is 19.3 Å². The van der Waals surface area contributed by atoms with E-state index in [1.165, 1.54) is 19.3 Å². The lowest BCUT2D eigenvalue weighted by Gasteiger charge is -2.35. The molecule has 0 unspecified atom stereocenters. The molecule has 1 aliphatic carbocycles. The van der Waals surface area contributed by atoms with Crippen LogP contribution in [0.15, 0.2) is 16.7 Å². The van der Waals surface area contributed by atoms with Crippen molar-refractivity contribution < 1.29 is 9.90 Å². The highest BCUT2D eigenvalue weighted by Gasteiger charge is 2.28. The van der Waals surface area contributed by atoms with Crippen LogP contribution in [0.3, 0.4) is 0 Å². The van der Waals surface area contributed by atoms with E-state index in [0.29, 0.717) is 10.3 Å². The molecule has 5 heteroatoms. The molecule has 1 saturated carbocycles. The molecule has 1 fully saturated rings. The number of nitrogens with one attached hydrogen (secondary N) is 1. The lowest BCUT2D eigenvalue weighted by atomic mass is 9.83. The molecule has 1 aromatic rings. The summed E-state index contributed by atoms with van der Waals surface area (Å²) in [6.07, 6.45) is 7.37. The molecule has 0 aromatic carbocycles. The van der Waals surface area contributed by atoms with E-state index in [1.807, 2.05) is 0 Å². The number of carboxylic acid groups (broad SMARTS) is 1. The van der Waals surface area contributed by atoms with Gasteiger partial charge >= 0.3 is 5.97 Å². The Kier molecular flexibility index (Phi) is 3.90. The number of aromatic carboxylic acids is 1. The van der Waals surface area contributed by atoms with E-state index in [2.05, 4.69) is 33.2 Å². The molecule has 1 aliphatic rings. The van der Waals surface area contributed by atoms with E-state index in [1.54, 1.807) is 12.3 Å². The first kappa shape index (κ1) is 13.3. The van der Waals surface area contributed by atoms with Crippen LogP contribution in [0.25, 0.3) is 0 Å². The molecule has 98 valence electrons. The first-order valence-corrected chi connectivity index (χ1v) is 6.96. The fourth-order valence-electron chi connectivity index (χ4n) is 2.44. The summed E-state index contributed by atoms with van der Waals surface area (Å²) in [6, 6.07) is 1.59. The van der Waals surface area contributed by atoms with Gasteiger partial charge in [-0.25, -0.2) is 9.78 Å². The van der Waals surface area contributed by atoms with Crippen LogP contribution in [0.1, 0.15) is 49.4 Å². The third-order valence-corrected chi connectivity index (χ3v) is 3.90. The summed E-state index contributed by atoms with van der Waals surface area (Å²) >= 11 is 3.25. The van der Waals surface area contributed by atoms with E-state index in [0.717, 1.165) is 12.8 Å². The van der Waals surface area contributed by atoms with E-state index in [4.69, 9.17) is 0 Å². The molecule has 0 saturated heterocycles. The third kappa shape index (κ3) is 3.02. The van der Waals surface area contributed by atoms with Crippen molar-refractivity contribution >= 4 is 27.7 Å². The Morgan fingerprint density at radius 2 is 2.11 bits per heavy atom. The number of rotatable bonds is 3. The Balaban J connectivity index is 2.25. The Morgan fingerprint density at radius 3 is 2.72 bits per heavy atom. The highest BCUT2D eigenvalue weighted by atomic mass is 79.9. The summed E-state index contributed by atoms with van der Waals surface area (Å²) in [5.41, 5.74) is 0.180.